The van der Waals surface area contributed by atoms with Gasteiger partial charge in [0.2, 0.25) is 0 Å². The molecule has 0 radical (unpaired) electrons. The Hall–Kier alpha value is -2.29. The predicted octanol–water partition coefficient (Wildman–Crippen LogP) is 1.54. The fraction of sp³-hybridized carbons (Fsp3) is 0.385. The van der Waals surface area contributed by atoms with Crippen molar-refractivity contribution in [3.63, 3.8) is 0 Å². The molecule has 6 nitrogen and oxygen atoms in total. The van der Waals surface area contributed by atoms with Crippen molar-refractivity contribution in [2.45, 2.75) is 18.3 Å². The van der Waals surface area contributed by atoms with Crippen molar-refractivity contribution < 1.29 is 32.5 Å². The average Bonchev–Trinajstić information content (AvgIpc) is 2.88. The van der Waals surface area contributed by atoms with E-state index in [0.717, 1.165) is 6.21 Å². The van der Waals surface area contributed by atoms with Gasteiger partial charge >= 0.3 is 6.18 Å². The Bertz CT molecular complexity index is 574. The summed E-state index contributed by atoms with van der Waals surface area (Å²) in [6.07, 6.45) is -5.00. The third-order valence-corrected chi connectivity index (χ3v) is 3.04. The van der Waals surface area contributed by atoms with Gasteiger partial charge in [0.25, 0.3) is 11.6 Å². The van der Waals surface area contributed by atoms with E-state index in [1.165, 1.54) is 19.2 Å². The van der Waals surface area contributed by atoms with Crippen LogP contribution < -0.4 is 9.47 Å². The molecule has 0 spiro atoms. The van der Waals surface area contributed by atoms with E-state index in [9.17, 15) is 23.1 Å². The lowest BCUT2D eigenvalue weighted by atomic mass is 10.1. The van der Waals surface area contributed by atoms with E-state index in [1.54, 1.807) is 12.1 Å². The molecule has 1 atom stereocenters. The maximum absolute atomic E-state index is 12.8. The first-order chi connectivity index (χ1) is 10.3. The van der Waals surface area contributed by atoms with Crippen molar-refractivity contribution in [1.29, 1.82) is 0 Å². The Morgan fingerprint density at radius 2 is 1.95 bits per heavy atom. The highest BCUT2D eigenvalue weighted by Gasteiger charge is 2.61. The number of amides is 1. The molecule has 1 aromatic rings. The van der Waals surface area contributed by atoms with E-state index in [0.29, 0.717) is 5.75 Å². The summed E-state index contributed by atoms with van der Waals surface area (Å²) in [7, 11) is 1.47. The number of carbonyl (C=O) groups excluding carboxylic acids is 1. The second-order valence-corrected chi connectivity index (χ2v) is 4.49. The minimum Gasteiger partial charge on any atom is -0.497 e. The van der Waals surface area contributed by atoms with E-state index in [1.807, 2.05) is 0 Å². The van der Waals surface area contributed by atoms with Crippen LogP contribution >= 0.6 is 0 Å². The van der Waals surface area contributed by atoms with Crippen LogP contribution in [-0.2, 0) is 4.79 Å². The number of halogens is 3. The van der Waals surface area contributed by atoms with Crippen molar-refractivity contribution in [3.05, 3.63) is 24.3 Å². The third-order valence-electron chi connectivity index (χ3n) is 3.04. The summed E-state index contributed by atoms with van der Waals surface area (Å²) in [6, 6.07) is 6.13. The fourth-order valence-electron chi connectivity index (χ4n) is 1.82. The first-order valence-corrected chi connectivity index (χ1v) is 6.19. The molecule has 0 aliphatic carbocycles. The van der Waals surface area contributed by atoms with E-state index in [2.05, 4.69) is 5.10 Å². The number of carbonyl (C=O) groups is 1. The maximum Gasteiger partial charge on any atom is 0.438 e. The molecule has 9 heteroatoms. The number of hydrazone groups is 1. The minimum absolute atomic E-state index is 0.00345. The molecule has 22 heavy (non-hydrogen) atoms. The van der Waals surface area contributed by atoms with Crippen molar-refractivity contribution in [2.75, 3.05) is 13.7 Å². The average molecular weight is 318 g/mol. The molecule has 0 unspecified atom stereocenters. The number of benzene rings is 1. The molecule has 1 aliphatic heterocycles. The van der Waals surface area contributed by atoms with Crippen LogP contribution in [0.2, 0.25) is 0 Å². The molecule has 1 N–H and O–H groups in total. The summed E-state index contributed by atoms with van der Waals surface area (Å²) in [5.74, 6) is -0.272. The standard InChI is InChI=1S/C13H13F3N2O4/c1-21-9-2-4-10(5-3-9)22-8-11(19)18-12(20,6-7-17-18)13(14,15)16/h2-5,7,20H,6,8H2,1H3/t12-/m0/s1. The first kappa shape index (κ1) is 16.1. The molecular formula is C13H13F3N2O4. The van der Waals surface area contributed by atoms with Crippen molar-refractivity contribution in [2.24, 2.45) is 5.10 Å². The Morgan fingerprint density at radius 3 is 2.50 bits per heavy atom. The van der Waals surface area contributed by atoms with Gasteiger partial charge in [0, 0.05) is 12.6 Å². The Kier molecular flexibility index (Phi) is 4.27. The van der Waals surface area contributed by atoms with Crippen LogP contribution in [0.3, 0.4) is 0 Å². The van der Waals surface area contributed by atoms with Gasteiger partial charge in [0.1, 0.15) is 11.5 Å². The molecule has 1 heterocycles. The molecule has 120 valence electrons. The maximum atomic E-state index is 12.8. The SMILES string of the molecule is COc1ccc(OCC(=O)N2N=CC[C@]2(O)C(F)(F)F)cc1. The third kappa shape index (κ3) is 2.98. The lowest BCUT2D eigenvalue weighted by Crippen LogP contribution is -2.57. The van der Waals surface area contributed by atoms with Crippen LogP contribution in [0.25, 0.3) is 0 Å². The van der Waals surface area contributed by atoms with Crippen molar-refractivity contribution in [1.82, 2.24) is 5.01 Å². The van der Waals surface area contributed by atoms with Crippen LogP contribution in [0.15, 0.2) is 29.4 Å². The fourth-order valence-corrected chi connectivity index (χ4v) is 1.82. The van der Waals surface area contributed by atoms with Gasteiger partial charge in [0.05, 0.1) is 7.11 Å². The lowest BCUT2D eigenvalue weighted by Gasteiger charge is -2.32. The van der Waals surface area contributed by atoms with Gasteiger partial charge in [-0.15, -0.1) is 0 Å². The van der Waals surface area contributed by atoms with E-state index >= 15 is 0 Å². The number of nitrogens with zero attached hydrogens (tertiary/aromatic N) is 2. The molecule has 0 saturated heterocycles. The van der Waals surface area contributed by atoms with Gasteiger partial charge < -0.3 is 14.6 Å². The summed E-state index contributed by atoms with van der Waals surface area (Å²) in [4.78, 5) is 11.8. The van der Waals surface area contributed by atoms with Crippen LogP contribution in [0.4, 0.5) is 13.2 Å². The number of ether oxygens (including phenoxy) is 2. The molecule has 1 aromatic carbocycles. The van der Waals surface area contributed by atoms with Crippen LogP contribution in [0, 0.1) is 0 Å². The monoisotopic (exact) mass is 318 g/mol. The number of aliphatic hydroxyl groups is 1. The Morgan fingerprint density at radius 1 is 1.36 bits per heavy atom. The zero-order chi connectivity index (χ0) is 16.4. The lowest BCUT2D eigenvalue weighted by molar-refractivity contribution is -0.302. The summed E-state index contributed by atoms with van der Waals surface area (Å²) in [5.41, 5.74) is -3.33. The molecular weight excluding hydrogens is 305 g/mol. The van der Waals surface area contributed by atoms with E-state index < -0.39 is 30.8 Å². The number of hydrogen-bond acceptors (Lipinski definition) is 5. The van der Waals surface area contributed by atoms with Gasteiger partial charge in [-0.3, -0.25) is 4.79 Å². The number of rotatable bonds is 4. The van der Waals surface area contributed by atoms with Crippen molar-refractivity contribution >= 4 is 12.1 Å². The second kappa shape index (κ2) is 5.84. The highest BCUT2D eigenvalue weighted by atomic mass is 19.4. The van der Waals surface area contributed by atoms with Gasteiger partial charge in [0.15, 0.2) is 6.61 Å². The van der Waals surface area contributed by atoms with Gasteiger partial charge in [-0.1, -0.05) is 0 Å². The number of methoxy groups -OCH3 is 1. The summed E-state index contributed by atoms with van der Waals surface area (Å²) in [6.45, 7) is -0.692. The molecule has 0 saturated carbocycles. The van der Waals surface area contributed by atoms with Gasteiger partial charge in [-0.2, -0.15) is 23.3 Å². The number of alkyl halides is 3. The largest absolute Gasteiger partial charge is 0.497 e. The Balaban J connectivity index is 2.01. The predicted molar refractivity (Wildman–Crippen MR) is 69.4 cm³/mol. The summed E-state index contributed by atoms with van der Waals surface area (Å²) >= 11 is 0. The summed E-state index contributed by atoms with van der Waals surface area (Å²) < 4.78 is 48.5. The zero-order valence-corrected chi connectivity index (χ0v) is 11.5. The molecule has 0 bridgehead atoms. The topological polar surface area (TPSA) is 71.4 Å². The normalized spacial score (nSPS) is 21.0. The highest BCUT2D eigenvalue weighted by molar-refractivity contribution is 5.81. The van der Waals surface area contributed by atoms with Crippen LogP contribution in [0.5, 0.6) is 11.5 Å². The molecule has 0 fully saturated rings. The quantitative estimate of drug-likeness (QED) is 0.914. The second-order valence-electron chi connectivity index (χ2n) is 4.49. The van der Waals surface area contributed by atoms with E-state index in [-0.39, 0.29) is 10.8 Å². The van der Waals surface area contributed by atoms with Gasteiger partial charge in [-0.05, 0) is 24.3 Å². The Labute approximate surface area is 123 Å². The number of hydrogen-bond donors (Lipinski definition) is 1. The molecule has 1 amide bonds. The van der Waals surface area contributed by atoms with Crippen LogP contribution in [0.1, 0.15) is 6.42 Å². The molecule has 1 aliphatic rings. The zero-order valence-electron chi connectivity index (χ0n) is 11.5. The van der Waals surface area contributed by atoms with Gasteiger partial charge in [-0.25, -0.2) is 0 Å². The highest BCUT2D eigenvalue weighted by Crippen LogP contribution is 2.38. The van der Waals surface area contributed by atoms with E-state index in [4.69, 9.17) is 9.47 Å². The molecule has 0 aromatic heterocycles. The minimum atomic E-state index is -5.01. The first-order valence-electron chi connectivity index (χ1n) is 6.19. The smallest absolute Gasteiger partial charge is 0.438 e. The van der Waals surface area contributed by atoms with Crippen LogP contribution in [-0.4, -0.2) is 47.9 Å². The summed E-state index contributed by atoms with van der Waals surface area (Å²) in [5, 5.41) is 12.9. The molecule has 2 rings (SSSR count). The van der Waals surface area contributed by atoms with Crippen molar-refractivity contribution in [3.8, 4) is 11.5 Å².